The molecule has 1 aliphatic rings. The van der Waals surface area contributed by atoms with E-state index in [9.17, 15) is 8.60 Å². The lowest BCUT2D eigenvalue weighted by molar-refractivity contribution is 0.258. The Hall–Kier alpha value is -1.29. The van der Waals surface area contributed by atoms with Crippen molar-refractivity contribution in [2.75, 3.05) is 13.1 Å². The molecule has 0 amide bonds. The fourth-order valence-corrected chi connectivity index (χ4v) is 2.15. The molecule has 2 atom stereocenters. The summed E-state index contributed by atoms with van der Waals surface area (Å²) < 4.78 is 34.9. The van der Waals surface area contributed by atoms with Gasteiger partial charge in [0.05, 0.1) is 6.54 Å². The van der Waals surface area contributed by atoms with Crippen molar-refractivity contribution < 1.29 is 13.2 Å². The van der Waals surface area contributed by atoms with Crippen LogP contribution < -0.4 is 0 Å². The summed E-state index contributed by atoms with van der Waals surface area (Å²) in [6.45, 7) is 0.0897. The second-order valence-corrected chi connectivity index (χ2v) is 4.75. The van der Waals surface area contributed by atoms with Gasteiger partial charge in [-0.25, -0.2) is 13.6 Å². The van der Waals surface area contributed by atoms with Crippen LogP contribution in [0.3, 0.4) is 0 Å². The first-order valence-corrected chi connectivity index (χ1v) is 6.14. The monoisotopic (exact) mass is 254 g/mol. The van der Waals surface area contributed by atoms with E-state index in [0.717, 1.165) is 4.31 Å². The topological polar surface area (TPSA) is 53.4 Å². The van der Waals surface area contributed by atoms with Crippen LogP contribution in [-0.4, -0.2) is 36.8 Å². The van der Waals surface area contributed by atoms with E-state index in [1.54, 1.807) is 24.4 Å². The first-order valence-electron chi connectivity index (χ1n) is 5.08. The molecule has 0 spiro atoms. The van der Waals surface area contributed by atoms with Crippen LogP contribution in [0.1, 0.15) is 12.1 Å². The Morgan fingerprint density at radius 3 is 3.00 bits per heavy atom. The van der Waals surface area contributed by atoms with Gasteiger partial charge in [-0.1, -0.05) is 12.0 Å². The van der Waals surface area contributed by atoms with Gasteiger partial charge in [-0.15, -0.1) is 0 Å². The fraction of sp³-hybridized carbons (Fsp3) is 0.364. The van der Waals surface area contributed by atoms with Crippen LogP contribution in [-0.2, 0) is 11.3 Å². The highest BCUT2D eigenvalue weighted by Crippen LogP contribution is 2.25. The number of pyridine rings is 1. The third-order valence-electron chi connectivity index (χ3n) is 2.48. The minimum Gasteiger partial charge on any atom is -0.294 e. The van der Waals surface area contributed by atoms with Crippen molar-refractivity contribution in [3.63, 3.8) is 0 Å². The van der Waals surface area contributed by atoms with Gasteiger partial charge in [-0.2, -0.15) is 4.31 Å². The minimum absolute atomic E-state index is 0.138. The number of rotatable bonds is 1. The lowest BCUT2D eigenvalue weighted by Crippen LogP contribution is -2.28. The summed E-state index contributed by atoms with van der Waals surface area (Å²) in [6.07, 6.45) is 1.72. The molecule has 6 heteroatoms. The first kappa shape index (κ1) is 12.2. The molecule has 0 radical (unpaired) electrons. The first-order chi connectivity index (χ1) is 8.09. The van der Waals surface area contributed by atoms with Gasteiger partial charge in [-0.05, 0) is 18.1 Å². The molecule has 0 aromatic carbocycles. The molecule has 2 unspecified atom stereocenters. The molecular formula is C11H11FN2O2S. The number of aromatic nitrogens is 1. The molecule has 4 nitrogen and oxygen atoms in total. The molecular weight excluding hydrogens is 243 g/mol. The maximum absolute atomic E-state index is 14.1. The number of nitrogens with zero attached hydrogens (tertiary/aromatic N) is 2. The SMILES string of the molecule is O=S(O)N1CCC(F)(C#Cc2ccccn2)C1. The molecule has 1 fully saturated rings. The molecule has 17 heavy (non-hydrogen) atoms. The molecule has 0 aliphatic carbocycles. The molecule has 0 saturated carbocycles. The van der Waals surface area contributed by atoms with Gasteiger partial charge in [0, 0.05) is 19.2 Å². The summed E-state index contributed by atoms with van der Waals surface area (Å²) in [5.41, 5.74) is -1.23. The number of alkyl halides is 1. The minimum atomic E-state index is -2.13. The molecule has 1 aromatic rings. The van der Waals surface area contributed by atoms with Crippen molar-refractivity contribution in [2.24, 2.45) is 0 Å². The van der Waals surface area contributed by atoms with Crippen molar-refractivity contribution in [3.05, 3.63) is 30.1 Å². The molecule has 2 heterocycles. The van der Waals surface area contributed by atoms with Crippen LogP contribution in [0.4, 0.5) is 4.39 Å². The molecule has 2 rings (SSSR count). The van der Waals surface area contributed by atoms with Crippen LogP contribution in [0, 0.1) is 11.8 Å². The van der Waals surface area contributed by atoms with E-state index in [0.29, 0.717) is 5.69 Å². The van der Waals surface area contributed by atoms with Gasteiger partial charge in [0.1, 0.15) is 5.69 Å². The van der Waals surface area contributed by atoms with Crippen molar-refractivity contribution in [1.82, 2.24) is 9.29 Å². The van der Waals surface area contributed by atoms with Gasteiger partial charge < -0.3 is 0 Å². The average Bonchev–Trinajstić information content (AvgIpc) is 2.72. The Morgan fingerprint density at radius 2 is 2.41 bits per heavy atom. The molecule has 1 N–H and O–H groups in total. The van der Waals surface area contributed by atoms with Gasteiger partial charge in [0.2, 0.25) is 11.3 Å². The zero-order valence-electron chi connectivity index (χ0n) is 8.97. The number of halogens is 1. The molecule has 1 saturated heterocycles. The van der Waals surface area contributed by atoms with Crippen LogP contribution in [0.25, 0.3) is 0 Å². The zero-order chi connectivity index (χ0) is 12.3. The van der Waals surface area contributed by atoms with Crippen molar-refractivity contribution in [1.29, 1.82) is 0 Å². The van der Waals surface area contributed by atoms with Crippen LogP contribution >= 0.6 is 0 Å². The van der Waals surface area contributed by atoms with Crippen LogP contribution in [0.5, 0.6) is 0 Å². The lowest BCUT2D eigenvalue weighted by Gasteiger charge is -2.11. The Morgan fingerprint density at radius 1 is 1.59 bits per heavy atom. The third kappa shape index (κ3) is 3.09. The normalized spacial score (nSPS) is 26.2. The second kappa shape index (κ2) is 4.92. The summed E-state index contributed by atoms with van der Waals surface area (Å²) >= 11 is -2.13. The van der Waals surface area contributed by atoms with E-state index in [1.807, 2.05) is 0 Å². The van der Waals surface area contributed by atoms with Crippen molar-refractivity contribution in [2.45, 2.75) is 12.1 Å². The van der Waals surface area contributed by atoms with E-state index in [2.05, 4.69) is 16.8 Å². The molecule has 1 aromatic heterocycles. The van der Waals surface area contributed by atoms with Crippen molar-refractivity contribution in [3.8, 4) is 11.8 Å². The predicted molar refractivity (Wildman–Crippen MR) is 61.9 cm³/mol. The molecule has 1 aliphatic heterocycles. The van der Waals surface area contributed by atoms with Gasteiger partial charge >= 0.3 is 0 Å². The quantitative estimate of drug-likeness (QED) is 0.600. The van der Waals surface area contributed by atoms with E-state index < -0.39 is 16.9 Å². The largest absolute Gasteiger partial charge is 0.294 e. The summed E-state index contributed by atoms with van der Waals surface area (Å²) in [6, 6.07) is 5.21. The Balaban J connectivity index is 2.10. The third-order valence-corrected chi connectivity index (χ3v) is 3.24. The zero-order valence-corrected chi connectivity index (χ0v) is 9.78. The number of hydrogen-bond donors (Lipinski definition) is 1. The summed E-state index contributed by atoms with van der Waals surface area (Å²) in [5, 5.41) is 0. The highest BCUT2D eigenvalue weighted by Gasteiger charge is 2.39. The van der Waals surface area contributed by atoms with Gasteiger partial charge in [0.15, 0.2) is 5.67 Å². The predicted octanol–water partition coefficient (Wildman–Crippen LogP) is 0.984. The maximum Gasteiger partial charge on any atom is 0.234 e. The number of hydrogen-bond acceptors (Lipinski definition) is 2. The average molecular weight is 254 g/mol. The Bertz CT molecular complexity index is 485. The van der Waals surface area contributed by atoms with E-state index in [-0.39, 0.29) is 19.5 Å². The van der Waals surface area contributed by atoms with Crippen LogP contribution in [0.2, 0.25) is 0 Å². The van der Waals surface area contributed by atoms with Crippen LogP contribution in [0.15, 0.2) is 24.4 Å². The van der Waals surface area contributed by atoms with E-state index in [4.69, 9.17) is 4.55 Å². The van der Waals surface area contributed by atoms with Gasteiger partial charge in [0.25, 0.3) is 0 Å². The smallest absolute Gasteiger partial charge is 0.234 e. The highest BCUT2D eigenvalue weighted by molar-refractivity contribution is 7.76. The fourth-order valence-electron chi connectivity index (χ4n) is 1.59. The Kier molecular flexibility index (Phi) is 3.52. The summed E-state index contributed by atoms with van der Waals surface area (Å²) in [4.78, 5) is 3.96. The van der Waals surface area contributed by atoms with Gasteiger partial charge in [-0.3, -0.25) is 4.55 Å². The van der Waals surface area contributed by atoms with Crippen molar-refractivity contribution >= 4 is 11.3 Å². The lowest BCUT2D eigenvalue weighted by atomic mass is 10.1. The molecule has 90 valence electrons. The second-order valence-electron chi connectivity index (χ2n) is 3.77. The standard InChI is InChI=1S/C11H11FN2O2S/c12-11(6-8-14(9-11)17(15)16)5-4-10-3-1-2-7-13-10/h1-3,7H,6,8-9H2,(H,15,16). The summed E-state index contributed by atoms with van der Waals surface area (Å²) in [5.74, 6) is 5.14. The Labute approximate surface area is 101 Å². The van der Waals surface area contributed by atoms with E-state index >= 15 is 0 Å². The maximum atomic E-state index is 14.1. The summed E-state index contributed by atoms with van der Waals surface area (Å²) in [7, 11) is 0. The van der Waals surface area contributed by atoms with E-state index in [1.165, 1.54) is 0 Å². The molecule has 0 bridgehead atoms. The highest BCUT2D eigenvalue weighted by atomic mass is 32.2.